The molecule has 0 fully saturated rings. The maximum atomic E-state index is 13.0. The van der Waals surface area contributed by atoms with E-state index in [1.165, 1.54) is 18.2 Å². The second kappa shape index (κ2) is 4.87. The number of nitrogens with two attached hydrogens (primary N) is 1. The lowest BCUT2D eigenvalue weighted by Gasteiger charge is -2.07. The van der Waals surface area contributed by atoms with Crippen LogP contribution < -0.4 is 11.1 Å². The fourth-order valence-corrected chi connectivity index (χ4v) is 1.61. The van der Waals surface area contributed by atoms with Gasteiger partial charge in [-0.2, -0.15) is 0 Å². The van der Waals surface area contributed by atoms with Crippen LogP contribution in [0.15, 0.2) is 42.5 Å². The molecule has 0 aliphatic heterocycles. The van der Waals surface area contributed by atoms with Crippen molar-refractivity contribution in [2.24, 2.45) is 0 Å². The third-order valence-corrected chi connectivity index (χ3v) is 2.53. The van der Waals surface area contributed by atoms with Gasteiger partial charge in [0.25, 0.3) is 5.91 Å². The van der Waals surface area contributed by atoms with Gasteiger partial charge >= 0.3 is 0 Å². The minimum atomic E-state index is -0.497. The van der Waals surface area contributed by atoms with Gasteiger partial charge in [0.05, 0.1) is 5.69 Å². The summed E-state index contributed by atoms with van der Waals surface area (Å²) in [5.74, 6) is -0.742. The maximum absolute atomic E-state index is 13.0. The second-order valence-corrected chi connectivity index (χ2v) is 4.06. The van der Waals surface area contributed by atoms with Gasteiger partial charge in [-0.15, -0.1) is 0 Å². The topological polar surface area (TPSA) is 55.1 Å². The lowest BCUT2D eigenvalue weighted by molar-refractivity contribution is 0.102. The molecule has 4 heteroatoms. The summed E-state index contributed by atoms with van der Waals surface area (Å²) in [6.45, 7) is 1.91. The Morgan fingerprint density at radius 1 is 1.22 bits per heavy atom. The standard InChI is InChI=1S/C14H13FN2O/c1-9-3-2-4-10(7-9)14(18)17-11-5-6-12(15)13(16)8-11/h2-8H,16H2,1H3,(H,17,18). The Bertz CT molecular complexity index is 596. The van der Waals surface area contributed by atoms with Crippen molar-refractivity contribution < 1.29 is 9.18 Å². The molecule has 0 saturated heterocycles. The fraction of sp³-hybridized carbons (Fsp3) is 0.0714. The lowest BCUT2D eigenvalue weighted by Crippen LogP contribution is -2.12. The smallest absolute Gasteiger partial charge is 0.255 e. The molecular weight excluding hydrogens is 231 g/mol. The number of amides is 1. The maximum Gasteiger partial charge on any atom is 0.255 e. The molecule has 1 amide bonds. The van der Waals surface area contributed by atoms with Gasteiger partial charge in [0, 0.05) is 11.3 Å². The molecule has 0 unspecified atom stereocenters. The van der Waals surface area contributed by atoms with Crippen molar-refractivity contribution in [1.82, 2.24) is 0 Å². The summed E-state index contributed by atoms with van der Waals surface area (Å²) in [6, 6.07) is 11.3. The van der Waals surface area contributed by atoms with E-state index in [2.05, 4.69) is 5.32 Å². The molecule has 92 valence electrons. The number of rotatable bonds is 2. The van der Waals surface area contributed by atoms with Gasteiger partial charge in [0.15, 0.2) is 0 Å². The minimum absolute atomic E-state index is 0.0112. The Labute approximate surface area is 104 Å². The Morgan fingerprint density at radius 2 is 2.00 bits per heavy atom. The predicted molar refractivity (Wildman–Crippen MR) is 69.9 cm³/mol. The summed E-state index contributed by atoms with van der Waals surface area (Å²) in [6.07, 6.45) is 0. The molecule has 0 atom stereocenters. The van der Waals surface area contributed by atoms with Crippen molar-refractivity contribution >= 4 is 17.3 Å². The molecule has 0 aliphatic rings. The molecule has 0 radical (unpaired) electrons. The van der Waals surface area contributed by atoms with Crippen molar-refractivity contribution in [3.63, 3.8) is 0 Å². The van der Waals surface area contributed by atoms with Gasteiger partial charge < -0.3 is 11.1 Å². The van der Waals surface area contributed by atoms with Crippen LogP contribution in [0.2, 0.25) is 0 Å². The predicted octanol–water partition coefficient (Wildman–Crippen LogP) is 2.97. The normalized spacial score (nSPS) is 10.1. The summed E-state index contributed by atoms with van der Waals surface area (Å²) in [4.78, 5) is 11.9. The van der Waals surface area contributed by atoms with E-state index in [1.807, 2.05) is 19.1 Å². The van der Waals surface area contributed by atoms with Gasteiger partial charge in [-0.25, -0.2) is 4.39 Å². The fourth-order valence-electron chi connectivity index (χ4n) is 1.61. The summed E-state index contributed by atoms with van der Waals surface area (Å²) in [7, 11) is 0. The van der Waals surface area contributed by atoms with Crippen molar-refractivity contribution in [3.8, 4) is 0 Å². The third kappa shape index (κ3) is 2.66. The molecule has 0 aliphatic carbocycles. The summed E-state index contributed by atoms with van der Waals surface area (Å²) in [5.41, 5.74) is 7.47. The second-order valence-electron chi connectivity index (χ2n) is 4.06. The van der Waals surface area contributed by atoms with Crippen LogP contribution >= 0.6 is 0 Å². The Hall–Kier alpha value is -2.36. The highest BCUT2D eigenvalue weighted by atomic mass is 19.1. The molecule has 0 saturated carbocycles. The molecule has 0 aromatic heterocycles. The van der Waals surface area contributed by atoms with Crippen LogP contribution in [0, 0.1) is 12.7 Å². The average molecular weight is 244 g/mol. The molecule has 2 rings (SSSR count). The molecule has 0 spiro atoms. The van der Waals surface area contributed by atoms with Crippen molar-refractivity contribution in [3.05, 3.63) is 59.4 Å². The van der Waals surface area contributed by atoms with E-state index in [1.54, 1.807) is 12.1 Å². The van der Waals surface area contributed by atoms with Crippen LogP contribution in [0.25, 0.3) is 0 Å². The zero-order chi connectivity index (χ0) is 13.1. The van der Waals surface area contributed by atoms with E-state index in [9.17, 15) is 9.18 Å². The number of halogens is 1. The van der Waals surface area contributed by atoms with E-state index < -0.39 is 5.82 Å². The number of hydrogen-bond acceptors (Lipinski definition) is 2. The molecule has 18 heavy (non-hydrogen) atoms. The Morgan fingerprint density at radius 3 is 2.67 bits per heavy atom. The van der Waals surface area contributed by atoms with Crippen LogP contribution in [0.3, 0.4) is 0 Å². The van der Waals surface area contributed by atoms with Gasteiger partial charge in [-0.3, -0.25) is 4.79 Å². The number of carbonyl (C=O) groups excluding carboxylic acids is 1. The first-order chi connectivity index (χ1) is 8.56. The monoisotopic (exact) mass is 244 g/mol. The first-order valence-corrected chi connectivity index (χ1v) is 5.49. The molecular formula is C14H13FN2O. The highest BCUT2D eigenvalue weighted by Crippen LogP contribution is 2.17. The molecule has 3 N–H and O–H groups in total. The zero-order valence-electron chi connectivity index (χ0n) is 9.91. The van der Waals surface area contributed by atoms with Crippen LogP contribution in [-0.4, -0.2) is 5.91 Å². The highest BCUT2D eigenvalue weighted by molar-refractivity contribution is 6.04. The quantitative estimate of drug-likeness (QED) is 0.798. The van der Waals surface area contributed by atoms with Gasteiger partial charge in [0.1, 0.15) is 5.82 Å². The minimum Gasteiger partial charge on any atom is -0.396 e. The Balaban J connectivity index is 2.18. The molecule has 0 heterocycles. The molecule has 3 nitrogen and oxygen atoms in total. The SMILES string of the molecule is Cc1cccc(C(=O)Nc2ccc(F)c(N)c2)c1. The Kier molecular flexibility index (Phi) is 3.28. The van der Waals surface area contributed by atoms with E-state index in [0.29, 0.717) is 11.3 Å². The lowest BCUT2D eigenvalue weighted by atomic mass is 10.1. The summed E-state index contributed by atoms with van der Waals surface area (Å²) < 4.78 is 13.0. The third-order valence-electron chi connectivity index (χ3n) is 2.53. The number of aryl methyl sites for hydroxylation is 1. The van der Waals surface area contributed by atoms with Crippen LogP contribution in [0.4, 0.5) is 15.8 Å². The number of carbonyl (C=O) groups is 1. The largest absolute Gasteiger partial charge is 0.396 e. The first kappa shape index (κ1) is 12.1. The number of nitrogens with one attached hydrogen (secondary N) is 1. The number of anilines is 2. The molecule has 2 aromatic rings. The van der Waals surface area contributed by atoms with Crippen LogP contribution in [0.5, 0.6) is 0 Å². The first-order valence-electron chi connectivity index (χ1n) is 5.49. The van der Waals surface area contributed by atoms with E-state index >= 15 is 0 Å². The van der Waals surface area contributed by atoms with Crippen molar-refractivity contribution in [1.29, 1.82) is 0 Å². The van der Waals surface area contributed by atoms with E-state index in [4.69, 9.17) is 5.73 Å². The van der Waals surface area contributed by atoms with Gasteiger partial charge in [0.2, 0.25) is 0 Å². The molecule has 0 bridgehead atoms. The van der Waals surface area contributed by atoms with Crippen LogP contribution in [-0.2, 0) is 0 Å². The summed E-state index contributed by atoms with van der Waals surface area (Å²) >= 11 is 0. The average Bonchev–Trinajstić information content (AvgIpc) is 2.34. The number of benzene rings is 2. The van der Waals surface area contributed by atoms with E-state index in [0.717, 1.165) is 5.56 Å². The molecule has 2 aromatic carbocycles. The van der Waals surface area contributed by atoms with Gasteiger partial charge in [-0.1, -0.05) is 17.7 Å². The zero-order valence-corrected chi connectivity index (χ0v) is 9.91. The number of nitrogen functional groups attached to an aromatic ring is 1. The van der Waals surface area contributed by atoms with Gasteiger partial charge in [-0.05, 0) is 37.3 Å². The van der Waals surface area contributed by atoms with Crippen molar-refractivity contribution in [2.45, 2.75) is 6.92 Å². The highest BCUT2D eigenvalue weighted by Gasteiger charge is 2.07. The number of hydrogen-bond donors (Lipinski definition) is 2. The summed E-state index contributed by atoms with van der Waals surface area (Å²) in [5, 5.41) is 2.67. The van der Waals surface area contributed by atoms with Crippen LogP contribution in [0.1, 0.15) is 15.9 Å². The van der Waals surface area contributed by atoms with Crippen molar-refractivity contribution in [2.75, 3.05) is 11.1 Å². The van der Waals surface area contributed by atoms with E-state index in [-0.39, 0.29) is 11.6 Å².